The van der Waals surface area contributed by atoms with Crippen molar-refractivity contribution >= 4 is 88.2 Å². The van der Waals surface area contributed by atoms with E-state index in [1.54, 1.807) is 0 Å². The molecule has 4 nitrogen and oxygen atoms in total. The van der Waals surface area contributed by atoms with E-state index in [4.69, 9.17) is 18.8 Å². The largest absolute Gasteiger partial charge is 0.456 e. The maximum atomic E-state index is 7.48. The van der Waals surface area contributed by atoms with Crippen molar-refractivity contribution < 1.29 is 8.83 Å². The van der Waals surface area contributed by atoms with Crippen LogP contribution in [0.3, 0.4) is 0 Å². The summed E-state index contributed by atoms with van der Waals surface area (Å²) in [5, 5.41) is 8.43. The number of hydrogen-bond acceptors (Lipinski definition) is 4. The van der Waals surface area contributed by atoms with Gasteiger partial charge in [0.05, 0.1) is 22.8 Å². The normalized spacial score (nSPS) is 13.1. The minimum Gasteiger partial charge on any atom is -0.456 e. The summed E-state index contributed by atoms with van der Waals surface area (Å²) >= 11 is 0. The van der Waals surface area contributed by atoms with Crippen LogP contribution in [0.4, 0.5) is 11.4 Å². The Morgan fingerprint density at radius 3 is 1.34 bits per heavy atom. The number of aliphatic imine (C=N–C) groups is 2. The van der Waals surface area contributed by atoms with Crippen LogP contribution in [0.15, 0.2) is 189 Å². The summed E-state index contributed by atoms with van der Waals surface area (Å²) in [5.41, 5.74) is 15.4. The molecule has 4 heteroatoms. The summed E-state index contributed by atoms with van der Waals surface area (Å²) in [6.45, 7) is 22.6. The molecule has 0 aliphatic rings. The molecule has 11 aromatic rings. The lowest BCUT2D eigenvalue weighted by molar-refractivity contribution is 0.572. The number of nitrogens with zero attached hydrogens (tertiary/aromatic N) is 2. The van der Waals surface area contributed by atoms with Crippen LogP contribution in [0.25, 0.3) is 65.4 Å². The molecule has 0 bridgehead atoms. The van der Waals surface area contributed by atoms with Gasteiger partial charge in [0, 0.05) is 65.7 Å². The standard InChI is InChI=1S/C66H60N2O2/c1-39(2)41-21-17-23-43(37-41)60(67-45-25-13-11-14-26-45)57-49-35-36-54-55(51-30-20-32-53(63(51)69-54)66(8,9)10)56(49)59-50(34-33-48-47-29-19-31-52(65(5,6)7)62(47)70-64(48)59)58(57)61(68-46-27-15-12-16-28-46)44-24-18-22-42(38-44)40(3)4/h11-40H,1-10H3. The Bertz CT molecular complexity index is 3890. The van der Waals surface area contributed by atoms with E-state index in [-0.39, 0.29) is 10.8 Å². The molecule has 2 heterocycles. The smallest absolute Gasteiger partial charge is 0.143 e. The van der Waals surface area contributed by atoms with E-state index in [0.717, 1.165) is 110 Å². The number of rotatable bonds is 8. The number of para-hydroxylation sites is 4. The molecule has 0 fully saturated rings. The first-order valence-corrected chi connectivity index (χ1v) is 24.9. The minimum absolute atomic E-state index is 0.161. The highest BCUT2D eigenvalue weighted by Gasteiger charge is 2.31. The highest BCUT2D eigenvalue weighted by Crippen LogP contribution is 2.49. The van der Waals surface area contributed by atoms with Gasteiger partial charge in [-0.2, -0.15) is 0 Å². The fourth-order valence-electron chi connectivity index (χ4n) is 10.5. The summed E-state index contributed by atoms with van der Waals surface area (Å²) < 4.78 is 14.6. The van der Waals surface area contributed by atoms with Crippen molar-refractivity contribution in [2.24, 2.45) is 9.98 Å². The molecule has 0 radical (unpaired) electrons. The predicted molar refractivity (Wildman–Crippen MR) is 298 cm³/mol. The highest BCUT2D eigenvalue weighted by molar-refractivity contribution is 6.41. The van der Waals surface area contributed by atoms with Gasteiger partial charge in [0.25, 0.3) is 0 Å². The number of hydrogen-bond donors (Lipinski definition) is 0. The van der Waals surface area contributed by atoms with Crippen molar-refractivity contribution in [3.05, 3.63) is 214 Å². The van der Waals surface area contributed by atoms with Crippen LogP contribution in [-0.2, 0) is 10.8 Å². The zero-order chi connectivity index (χ0) is 48.6. The second kappa shape index (κ2) is 17.1. The second-order valence-electron chi connectivity index (χ2n) is 21.7. The molecule has 346 valence electrons. The quantitative estimate of drug-likeness (QED) is 0.113. The van der Waals surface area contributed by atoms with Gasteiger partial charge in [0.2, 0.25) is 0 Å². The van der Waals surface area contributed by atoms with Crippen molar-refractivity contribution in [3.8, 4) is 0 Å². The molecule has 0 atom stereocenters. The third-order valence-electron chi connectivity index (χ3n) is 14.1. The molecule has 0 aliphatic heterocycles. The molecule has 2 aromatic heterocycles. The summed E-state index contributed by atoms with van der Waals surface area (Å²) in [6.07, 6.45) is 0. The SMILES string of the molecule is CC(C)c1cccc(C(=Nc2ccccc2)c2c(C(=Nc3ccccc3)c3cccc(C(C)C)c3)c3ccc4oc5c(C(C)(C)C)cccc5c4c3c3c2ccc2c4cccc(C(C)(C)C)c4oc23)c1. The summed E-state index contributed by atoms with van der Waals surface area (Å²) in [5.74, 6) is 0.598. The van der Waals surface area contributed by atoms with Crippen molar-refractivity contribution in [2.45, 2.75) is 91.9 Å². The molecular weight excluding hydrogens is 853 g/mol. The summed E-state index contributed by atoms with van der Waals surface area (Å²) in [6, 6.07) is 61.0. The van der Waals surface area contributed by atoms with Gasteiger partial charge >= 0.3 is 0 Å². The van der Waals surface area contributed by atoms with Gasteiger partial charge in [-0.05, 0) is 99.2 Å². The highest BCUT2D eigenvalue weighted by atomic mass is 16.3. The van der Waals surface area contributed by atoms with Gasteiger partial charge in [-0.3, -0.25) is 0 Å². The molecular formula is C66H60N2O2. The van der Waals surface area contributed by atoms with E-state index in [1.807, 2.05) is 0 Å². The van der Waals surface area contributed by atoms with Crippen molar-refractivity contribution in [2.75, 3.05) is 0 Å². The molecule has 0 aliphatic carbocycles. The van der Waals surface area contributed by atoms with Gasteiger partial charge in [-0.25, -0.2) is 9.98 Å². The molecule has 0 saturated heterocycles. The topological polar surface area (TPSA) is 51.0 Å². The molecule has 0 saturated carbocycles. The van der Waals surface area contributed by atoms with Gasteiger partial charge in [-0.15, -0.1) is 0 Å². The van der Waals surface area contributed by atoms with Crippen molar-refractivity contribution in [1.82, 2.24) is 0 Å². The van der Waals surface area contributed by atoms with Gasteiger partial charge in [-0.1, -0.05) is 184 Å². The van der Waals surface area contributed by atoms with Gasteiger partial charge in [0.15, 0.2) is 0 Å². The Morgan fingerprint density at radius 2 is 0.829 bits per heavy atom. The molecule has 0 spiro atoms. The summed E-state index contributed by atoms with van der Waals surface area (Å²) in [4.78, 5) is 11.5. The molecule has 11 rings (SSSR count). The lowest BCUT2D eigenvalue weighted by Crippen LogP contribution is -2.15. The minimum atomic E-state index is -0.163. The lowest BCUT2D eigenvalue weighted by Gasteiger charge is -2.23. The second-order valence-corrected chi connectivity index (χ2v) is 21.7. The molecule has 0 N–H and O–H groups in total. The predicted octanol–water partition coefficient (Wildman–Crippen LogP) is 19.0. The first-order valence-electron chi connectivity index (χ1n) is 24.9. The van der Waals surface area contributed by atoms with E-state index >= 15 is 0 Å². The zero-order valence-electron chi connectivity index (χ0n) is 42.0. The number of furan rings is 2. The zero-order valence-corrected chi connectivity index (χ0v) is 42.0. The Hall–Kier alpha value is -7.56. The van der Waals surface area contributed by atoms with E-state index in [9.17, 15) is 0 Å². The molecule has 0 unspecified atom stereocenters. The van der Waals surface area contributed by atoms with Crippen LogP contribution >= 0.6 is 0 Å². The number of benzene rings is 9. The average Bonchev–Trinajstić information content (AvgIpc) is 3.93. The van der Waals surface area contributed by atoms with Crippen molar-refractivity contribution in [1.29, 1.82) is 0 Å². The Balaban J connectivity index is 1.45. The third kappa shape index (κ3) is 7.71. The van der Waals surface area contributed by atoms with Gasteiger partial charge < -0.3 is 8.83 Å². The first-order chi connectivity index (χ1) is 33.7. The molecule has 70 heavy (non-hydrogen) atoms. The molecule has 9 aromatic carbocycles. The van der Waals surface area contributed by atoms with E-state index in [0.29, 0.717) is 11.8 Å². The fourth-order valence-corrected chi connectivity index (χ4v) is 10.5. The Kier molecular flexibility index (Phi) is 11.0. The third-order valence-corrected chi connectivity index (χ3v) is 14.1. The number of fused-ring (bicyclic) bond motifs is 11. The lowest BCUT2D eigenvalue weighted by atomic mass is 9.81. The molecule has 0 amide bonds. The van der Waals surface area contributed by atoms with E-state index in [1.165, 1.54) is 22.3 Å². The maximum Gasteiger partial charge on any atom is 0.143 e. The monoisotopic (exact) mass is 912 g/mol. The van der Waals surface area contributed by atoms with E-state index in [2.05, 4.69) is 239 Å². The van der Waals surface area contributed by atoms with Crippen LogP contribution in [-0.4, -0.2) is 11.4 Å². The summed E-state index contributed by atoms with van der Waals surface area (Å²) in [7, 11) is 0. The van der Waals surface area contributed by atoms with Crippen molar-refractivity contribution in [3.63, 3.8) is 0 Å². The van der Waals surface area contributed by atoms with Crippen LogP contribution in [0.5, 0.6) is 0 Å². The van der Waals surface area contributed by atoms with Crippen LogP contribution in [0, 0.1) is 0 Å². The van der Waals surface area contributed by atoms with E-state index < -0.39 is 0 Å². The van der Waals surface area contributed by atoms with Gasteiger partial charge in [0.1, 0.15) is 22.3 Å². The van der Waals surface area contributed by atoms with Crippen LogP contribution in [0.1, 0.15) is 126 Å². The van der Waals surface area contributed by atoms with Crippen LogP contribution in [0.2, 0.25) is 0 Å². The average molecular weight is 913 g/mol. The Morgan fingerprint density at radius 1 is 0.386 bits per heavy atom. The van der Waals surface area contributed by atoms with Crippen LogP contribution < -0.4 is 0 Å². The first kappa shape index (κ1) is 44.9. The Labute approximate surface area is 411 Å². The maximum absolute atomic E-state index is 7.48. The fraction of sp³-hybridized carbons (Fsp3) is 0.212.